The summed E-state index contributed by atoms with van der Waals surface area (Å²) >= 11 is 0. The first-order valence-corrected chi connectivity index (χ1v) is 11.0. The molecule has 0 saturated carbocycles. The zero-order chi connectivity index (χ0) is 23.6. The number of rotatable bonds is 13. The summed E-state index contributed by atoms with van der Waals surface area (Å²) < 4.78 is 21.4. The van der Waals surface area contributed by atoms with E-state index >= 15 is 0 Å². The molecule has 0 aliphatic heterocycles. The van der Waals surface area contributed by atoms with E-state index in [9.17, 15) is 5.26 Å². The van der Waals surface area contributed by atoms with Gasteiger partial charge in [0.15, 0.2) is 23.0 Å². The van der Waals surface area contributed by atoms with Gasteiger partial charge < -0.3 is 24.3 Å². The summed E-state index contributed by atoms with van der Waals surface area (Å²) in [7, 11) is 6.53. The van der Waals surface area contributed by atoms with E-state index in [0.29, 0.717) is 17.2 Å². The predicted molar refractivity (Wildman–Crippen MR) is 128 cm³/mol. The van der Waals surface area contributed by atoms with Crippen molar-refractivity contribution in [2.75, 3.05) is 40.3 Å². The Labute approximate surface area is 192 Å². The molecule has 6 nitrogen and oxygen atoms in total. The Balaban J connectivity index is 1.98. The zero-order valence-corrected chi connectivity index (χ0v) is 20.2. The first-order chi connectivity index (χ1) is 15.4. The Morgan fingerprint density at radius 1 is 0.844 bits per heavy atom. The van der Waals surface area contributed by atoms with Crippen molar-refractivity contribution in [3.05, 3.63) is 42.0 Å². The summed E-state index contributed by atoms with van der Waals surface area (Å²) in [5.74, 6) is 3.09. The molecule has 0 bridgehead atoms. The fourth-order valence-corrected chi connectivity index (χ4v) is 3.93. The predicted octanol–water partition coefficient (Wildman–Crippen LogP) is 5.71. The number of hydrogen-bond acceptors (Lipinski definition) is 6. The number of benzene rings is 2. The highest BCUT2D eigenvalue weighted by Gasteiger charge is 2.33. The van der Waals surface area contributed by atoms with E-state index in [1.807, 2.05) is 36.4 Å². The summed E-state index contributed by atoms with van der Waals surface area (Å²) in [6.07, 6.45) is 3.34. The number of ether oxygens (including phenoxy) is 4. The van der Waals surface area contributed by atoms with Crippen LogP contribution in [0.2, 0.25) is 0 Å². The molecule has 0 unspecified atom stereocenters. The van der Waals surface area contributed by atoms with Crippen LogP contribution in [0.4, 0.5) is 5.69 Å². The average Bonchev–Trinajstić information content (AvgIpc) is 2.83. The molecule has 1 N–H and O–H groups in total. The molecule has 6 heteroatoms. The van der Waals surface area contributed by atoms with Gasteiger partial charge in [0.1, 0.15) is 0 Å². The van der Waals surface area contributed by atoms with E-state index < -0.39 is 0 Å². The van der Waals surface area contributed by atoms with Crippen LogP contribution in [0.15, 0.2) is 36.4 Å². The van der Waals surface area contributed by atoms with Gasteiger partial charge in [-0.15, -0.1) is 0 Å². The van der Waals surface area contributed by atoms with Crippen LogP contribution >= 0.6 is 0 Å². The third kappa shape index (κ3) is 6.23. The smallest absolute Gasteiger partial charge is 0.162 e. The van der Waals surface area contributed by atoms with Crippen molar-refractivity contribution in [3.8, 4) is 29.1 Å². The van der Waals surface area contributed by atoms with Crippen molar-refractivity contribution >= 4 is 5.69 Å². The Hall–Kier alpha value is -3.07. The first-order valence-electron chi connectivity index (χ1n) is 11.0. The molecule has 0 aliphatic carbocycles. The molecular weight excluding hydrogens is 404 g/mol. The molecule has 1 atom stereocenters. The minimum absolute atomic E-state index is 0.258. The molecular formula is C26H36N2O4. The molecule has 0 radical (unpaired) electrons. The van der Waals surface area contributed by atoms with Crippen molar-refractivity contribution in [3.63, 3.8) is 0 Å². The zero-order valence-electron chi connectivity index (χ0n) is 20.2. The number of nitrogens with zero attached hydrogens (tertiary/aromatic N) is 1. The van der Waals surface area contributed by atoms with Crippen molar-refractivity contribution in [2.45, 2.75) is 39.5 Å². The Kier molecular flexibility index (Phi) is 9.52. The highest BCUT2D eigenvalue weighted by atomic mass is 16.5. The van der Waals surface area contributed by atoms with Gasteiger partial charge in [-0.3, -0.25) is 0 Å². The monoisotopic (exact) mass is 440 g/mol. The molecule has 2 rings (SSSR count). The van der Waals surface area contributed by atoms with Crippen molar-refractivity contribution < 1.29 is 18.9 Å². The lowest BCUT2D eigenvalue weighted by Gasteiger charge is -2.31. The Morgan fingerprint density at radius 3 is 2.00 bits per heavy atom. The normalized spacial score (nSPS) is 12.6. The molecule has 2 aromatic rings. The maximum absolute atomic E-state index is 10.1. The number of methoxy groups -OCH3 is 4. The maximum atomic E-state index is 10.1. The van der Waals surface area contributed by atoms with E-state index in [4.69, 9.17) is 18.9 Å². The third-order valence-corrected chi connectivity index (χ3v) is 6.15. The standard InChI is InChI=1S/C26H36N2O4/c1-19(2)26(18-27,14-12-20-8-10-22(29-3)24(16-20)31-5)13-7-15-28-21-9-11-23(30-4)25(17-21)32-6/h8-11,16-17,19,28H,7,12-15H2,1-6H3/t26-/m0/s1. The lowest BCUT2D eigenvalue weighted by Crippen LogP contribution is -2.27. The fourth-order valence-electron chi connectivity index (χ4n) is 3.93. The number of nitriles is 1. The van der Waals surface area contributed by atoms with Gasteiger partial charge in [0.2, 0.25) is 0 Å². The van der Waals surface area contributed by atoms with Crippen molar-refractivity contribution in [2.24, 2.45) is 11.3 Å². The Morgan fingerprint density at radius 2 is 1.44 bits per heavy atom. The number of hydrogen-bond donors (Lipinski definition) is 1. The lowest BCUT2D eigenvalue weighted by molar-refractivity contribution is 0.232. The lowest BCUT2D eigenvalue weighted by atomic mass is 9.71. The van der Waals surface area contributed by atoms with E-state index in [1.165, 1.54) is 0 Å². The summed E-state index contributed by atoms with van der Waals surface area (Å²) in [6, 6.07) is 14.4. The maximum Gasteiger partial charge on any atom is 0.162 e. The summed E-state index contributed by atoms with van der Waals surface area (Å²) in [5.41, 5.74) is 1.73. The van der Waals surface area contributed by atoms with Crippen LogP contribution in [0.1, 0.15) is 38.7 Å². The van der Waals surface area contributed by atoms with Crippen LogP contribution in [0, 0.1) is 22.7 Å². The van der Waals surface area contributed by atoms with Crippen LogP contribution in [0.3, 0.4) is 0 Å². The number of aryl methyl sites for hydroxylation is 1. The van der Waals surface area contributed by atoms with Gasteiger partial charge in [-0.05, 0) is 61.4 Å². The van der Waals surface area contributed by atoms with Gasteiger partial charge in [0.05, 0.1) is 39.9 Å². The molecule has 2 aromatic carbocycles. The van der Waals surface area contributed by atoms with Gasteiger partial charge >= 0.3 is 0 Å². The molecule has 174 valence electrons. The van der Waals surface area contributed by atoms with Crippen LogP contribution in [-0.4, -0.2) is 35.0 Å². The summed E-state index contributed by atoms with van der Waals surface area (Å²) in [4.78, 5) is 0. The molecule has 0 aromatic heterocycles. The summed E-state index contributed by atoms with van der Waals surface area (Å²) in [6.45, 7) is 5.06. The minimum Gasteiger partial charge on any atom is -0.493 e. The molecule has 0 aliphatic rings. The third-order valence-electron chi connectivity index (χ3n) is 6.15. The second-order valence-corrected chi connectivity index (χ2v) is 8.21. The molecule has 0 fully saturated rings. The van der Waals surface area contributed by atoms with Gasteiger partial charge in [0, 0.05) is 18.3 Å². The SMILES string of the molecule is COc1ccc(CC[C@](C#N)(CCCNc2ccc(OC)c(OC)c2)C(C)C)cc1OC. The van der Waals surface area contributed by atoms with Crippen LogP contribution in [0.25, 0.3) is 0 Å². The van der Waals surface area contributed by atoms with Crippen molar-refractivity contribution in [1.82, 2.24) is 0 Å². The second kappa shape index (κ2) is 12.1. The number of nitrogens with one attached hydrogen (secondary N) is 1. The van der Waals surface area contributed by atoms with Gasteiger partial charge in [-0.2, -0.15) is 5.26 Å². The molecule has 32 heavy (non-hydrogen) atoms. The van der Waals surface area contributed by atoms with E-state index in [2.05, 4.69) is 25.2 Å². The van der Waals surface area contributed by atoms with E-state index in [-0.39, 0.29) is 11.3 Å². The summed E-state index contributed by atoms with van der Waals surface area (Å²) in [5, 5.41) is 13.5. The highest BCUT2D eigenvalue weighted by Crippen LogP contribution is 2.38. The molecule has 0 amide bonds. The van der Waals surface area contributed by atoms with Crippen molar-refractivity contribution in [1.29, 1.82) is 5.26 Å². The second-order valence-electron chi connectivity index (χ2n) is 8.21. The number of anilines is 1. The molecule has 0 saturated heterocycles. The topological polar surface area (TPSA) is 72.7 Å². The van der Waals surface area contributed by atoms with Crippen LogP contribution < -0.4 is 24.3 Å². The van der Waals surface area contributed by atoms with Crippen LogP contribution in [0.5, 0.6) is 23.0 Å². The van der Waals surface area contributed by atoms with Gasteiger partial charge in [-0.25, -0.2) is 0 Å². The van der Waals surface area contributed by atoms with Gasteiger partial charge in [0.25, 0.3) is 0 Å². The largest absolute Gasteiger partial charge is 0.493 e. The molecule has 0 spiro atoms. The van der Waals surface area contributed by atoms with Crippen LogP contribution in [-0.2, 0) is 6.42 Å². The fraction of sp³-hybridized carbons (Fsp3) is 0.500. The highest BCUT2D eigenvalue weighted by molar-refractivity contribution is 5.54. The van der Waals surface area contributed by atoms with Gasteiger partial charge in [-0.1, -0.05) is 19.9 Å². The average molecular weight is 441 g/mol. The Bertz CT molecular complexity index is 907. The van der Waals surface area contributed by atoms with E-state index in [1.54, 1.807) is 28.4 Å². The van der Waals surface area contributed by atoms with E-state index in [0.717, 1.165) is 49.2 Å². The minimum atomic E-state index is -0.382. The molecule has 0 heterocycles. The quantitative estimate of drug-likeness (QED) is 0.402. The first kappa shape index (κ1) is 25.2.